The van der Waals surface area contributed by atoms with Crippen LogP contribution in [0.2, 0.25) is 10.0 Å². The maximum atomic E-state index is 11.4. The molecular formula is C12H15Cl2NO2. The van der Waals surface area contributed by atoms with Gasteiger partial charge in [-0.1, -0.05) is 29.3 Å². The van der Waals surface area contributed by atoms with E-state index >= 15 is 0 Å². The summed E-state index contributed by atoms with van der Waals surface area (Å²) in [5.41, 5.74) is 0.287. The van der Waals surface area contributed by atoms with Gasteiger partial charge in [0.2, 0.25) is 0 Å². The highest BCUT2D eigenvalue weighted by atomic mass is 35.5. The molecule has 5 heteroatoms. The molecule has 0 atom stereocenters. The van der Waals surface area contributed by atoms with Gasteiger partial charge in [-0.25, -0.2) is 4.79 Å². The van der Waals surface area contributed by atoms with Crippen molar-refractivity contribution < 1.29 is 9.53 Å². The second-order valence-corrected chi connectivity index (χ2v) is 5.43. The van der Waals surface area contributed by atoms with Gasteiger partial charge in [-0.15, -0.1) is 0 Å². The highest BCUT2D eigenvalue weighted by molar-refractivity contribution is 6.35. The molecule has 1 amide bonds. The van der Waals surface area contributed by atoms with Crippen LogP contribution in [0, 0.1) is 0 Å². The minimum absolute atomic E-state index is 0.310. The van der Waals surface area contributed by atoms with Gasteiger partial charge >= 0.3 is 6.09 Å². The summed E-state index contributed by atoms with van der Waals surface area (Å²) < 4.78 is 5.10. The van der Waals surface area contributed by atoms with Crippen LogP contribution >= 0.6 is 23.2 Å². The van der Waals surface area contributed by atoms with Crippen molar-refractivity contribution in [1.29, 1.82) is 0 Å². The molecule has 0 aliphatic heterocycles. The first-order valence-electron chi connectivity index (χ1n) is 5.19. The van der Waals surface area contributed by atoms with Crippen LogP contribution in [0.15, 0.2) is 18.2 Å². The number of alkyl carbamates (subject to hydrolysis) is 1. The molecule has 94 valence electrons. The summed E-state index contributed by atoms with van der Waals surface area (Å²) in [5, 5.41) is 3.71. The van der Waals surface area contributed by atoms with Gasteiger partial charge in [-0.05, 0) is 38.5 Å². The lowest BCUT2D eigenvalue weighted by Gasteiger charge is -2.19. The Balaban J connectivity index is 2.53. The average molecular weight is 276 g/mol. The average Bonchev–Trinajstić information content (AvgIpc) is 2.13. The number of hydrogen-bond acceptors (Lipinski definition) is 2. The van der Waals surface area contributed by atoms with Crippen molar-refractivity contribution >= 4 is 29.3 Å². The third kappa shape index (κ3) is 5.29. The van der Waals surface area contributed by atoms with Gasteiger partial charge in [0.25, 0.3) is 0 Å². The number of carbonyl (C=O) groups excluding carboxylic acids is 1. The highest BCUT2D eigenvalue weighted by Gasteiger charge is 2.15. The molecule has 0 spiro atoms. The van der Waals surface area contributed by atoms with Crippen LogP contribution in [-0.4, -0.2) is 11.7 Å². The molecule has 1 N–H and O–H groups in total. The SMILES string of the molecule is CC(C)(C)OC(=O)NCc1ccc(Cl)cc1Cl. The Labute approximate surface area is 111 Å². The van der Waals surface area contributed by atoms with Crippen molar-refractivity contribution in [3.63, 3.8) is 0 Å². The van der Waals surface area contributed by atoms with Crippen LogP contribution in [0.1, 0.15) is 26.3 Å². The number of nitrogens with one attached hydrogen (secondary N) is 1. The van der Waals surface area contributed by atoms with Crippen molar-refractivity contribution in [1.82, 2.24) is 5.32 Å². The maximum absolute atomic E-state index is 11.4. The summed E-state index contributed by atoms with van der Waals surface area (Å²) in [6, 6.07) is 5.12. The Morgan fingerprint density at radius 2 is 2.00 bits per heavy atom. The summed E-state index contributed by atoms with van der Waals surface area (Å²) in [6.45, 7) is 5.73. The zero-order valence-electron chi connectivity index (χ0n) is 10.0. The minimum atomic E-state index is -0.506. The largest absolute Gasteiger partial charge is 0.444 e. The molecular weight excluding hydrogens is 261 g/mol. The smallest absolute Gasteiger partial charge is 0.407 e. The molecule has 0 bridgehead atoms. The summed E-state index contributed by atoms with van der Waals surface area (Å²) in [7, 11) is 0. The zero-order valence-corrected chi connectivity index (χ0v) is 11.5. The van der Waals surface area contributed by atoms with Crippen molar-refractivity contribution in [2.24, 2.45) is 0 Å². The summed E-state index contributed by atoms with van der Waals surface area (Å²) in [4.78, 5) is 11.4. The van der Waals surface area contributed by atoms with Gasteiger partial charge in [0, 0.05) is 16.6 Å². The van der Waals surface area contributed by atoms with E-state index in [4.69, 9.17) is 27.9 Å². The topological polar surface area (TPSA) is 38.3 Å². The second-order valence-electron chi connectivity index (χ2n) is 4.59. The lowest BCUT2D eigenvalue weighted by molar-refractivity contribution is 0.0523. The molecule has 0 heterocycles. The second kappa shape index (κ2) is 5.61. The molecule has 3 nitrogen and oxygen atoms in total. The molecule has 0 unspecified atom stereocenters. The Kier molecular flexibility index (Phi) is 4.66. The summed E-state index contributed by atoms with van der Waals surface area (Å²) in [5.74, 6) is 0. The van der Waals surface area contributed by atoms with Crippen LogP contribution in [0.25, 0.3) is 0 Å². The van der Waals surface area contributed by atoms with E-state index < -0.39 is 11.7 Å². The number of benzene rings is 1. The molecule has 17 heavy (non-hydrogen) atoms. The van der Waals surface area contributed by atoms with Crippen LogP contribution < -0.4 is 5.32 Å². The third-order valence-corrected chi connectivity index (χ3v) is 2.42. The van der Waals surface area contributed by atoms with Gasteiger partial charge in [0.15, 0.2) is 0 Å². The van der Waals surface area contributed by atoms with E-state index in [2.05, 4.69) is 5.32 Å². The Bertz CT molecular complexity index is 413. The lowest BCUT2D eigenvalue weighted by atomic mass is 10.2. The van der Waals surface area contributed by atoms with Gasteiger partial charge in [0.05, 0.1) is 0 Å². The standard InChI is InChI=1S/C12H15Cl2NO2/c1-12(2,3)17-11(16)15-7-8-4-5-9(13)6-10(8)14/h4-6H,7H2,1-3H3,(H,15,16). The normalized spacial score (nSPS) is 11.1. The first-order valence-corrected chi connectivity index (χ1v) is 5.94. The van der Waals surface area contributed by atoms with E-state index in [0.29, 0.717) is 16.6 Å². The number of rotatable bonds is 2. The predicted octanol–water partition coefficient (Wildman–Crippen LogP) is 4.02. The lowest BCUT2D eigenvalue weighted by Crippen LogP contribution is -2.32. The number of hydrogen-bond donors (Lipinski definition) is 1. The Morgan fingerprint density at radius 1 is 1.35 bits per heavy atom. The summed E-state index contributed by atoms with van der Waals surface area (Å²) >= 11 is 11.7. The molecule has 0 saturated carbocycles. The van der Waals surface area contributed by atoms with Crippen LogP contribution in [-0.2, 0) is 11.3 Å². The van der Waals surface area contributed by atoms with Crippen molar-refractivity contribution in [3.8, 4) is 0 Å². The van der Waals surface area contributed by atoms with Gasteiger partial charge < -0.3 is 10.1 Å². The van der Waals surface area contributed by atoms with Crippen LogP contribution in [0.3, 0.4) is 0 Å². The fourth-order valence-electron chi connectivity index (χ4n) is 1.15. The van der Waals surface area contributed by atoms with Gasteiger partial charge in [0.1, 0.15) is 5.60 Å². The van der Waals surface area contributed by atoms with Crippen molar-refractivity contribution in [2.75, 3.05) is 0 Å². The van der Waals surface area contributed by atoms with Crippen LogP contribution in [0.4, 0.5) is 4.79 Å². The van der Waals surface area contributed by atoms with E-state index in [9.17, 15) is 4.79 Å². The predicted molar refractivity (Wildman–Crippen MR) is 69.5 cm³/mol. The van der Waals surface area contributed by atoms with E-state index in [0.717, 1.165) is 5.56 Å². The number of halogens is 2. The molecule has 1 rings (SSSR count). The Morgan fingerprint density at radius 3 is 2.53 bits per heavy atom. The highest BCUT2D eigenvalue weighted by Crippen LogP contribution is 2.20. The quantitative estimate of drug-likeness (QED) is 0.886. The number of amides is 1. The number of carbonyl (C=O) groups is 1. The molecule has 0 aliphatic carbocycles. The molecule has 0 aliphatic rings. The Hall–Kier alpha value is -0.930. The third-order valence-electron chi connectivity index (χ3n) is 1.84. The molecule has 0 radical (unpaired) electrons. The van der Waals surface area contributed by atoms with Crippen LogP contribution in [0.5, 0.6) is 0 Å². The van der Waals surface area contributed by atoms with E-state index in [1.165, 1.54) is 0 Å². The number of ether oxygens (including phenoxy) is 1. The molecule has 0 aromatic heterocycles. The zero-order chi connectivity index (χ0) is 13.1. The fourth-order valence-corrected chi connectivity index (χ4v) is 1.62. The molecule has 1 aromatic carbocycles. The monoisotopic (exact) mass is 275 g/mol. The van der Waals surface area contributed by atoms with E-state index in [1.54, 1.807) is 18.2 Å². The van der Waals surface area contributed by atoms with Gasteiger partial charge in [-0.2, -0.15) is 0 Å². The maximum Gasteiger partial charge on any atom is 0.407 e. The first kappa shape index (κ1) is 14.1. The van der Waals surface area contributed by atoms with Crippen molar-refractivity contribution in [3.05, 3.63) is 33.8 Å². The molecule has 0 saturated heterocycles. The van der Waals surface area contributed by atoms with E-state index in [-0.39, 0.29) is 0 Å². The molecule has 0 fully saturated rings. The molecule has 1 aromatic rings. The first-order chi connectivity index (χ1) is 7.78. The van der Waals surface area contributed by atoms with Crippen molar-refractivity contribution in [2.45, 2.75) is 32.9 Å². The minimum Gasteiger partial charge on any atom is -0.444 e. The summed E-state index contributed by atoms with van der Waals surface area (Å²) in [6.07, 6.45) is -0.469. The fraction of sp³-hybridized carbons (Fsp3) is 0.417. The van der Waals surface area contributed by atoms with E-state index in [1.807, 2.05) is 20.8 Å². The van der Waals surface area contributed by atoms with Gasteiger partial charge in [-0.3, -0.25) is 0 Å².